The van der Waals surface area contributed by atoms with E-state index < -0.39 is 0 Å². The van der Waals surface area contributed by atoms with Crippen molar-refractivity contribution in [2.45, 2.75) is 12.8 Å². The van der Waals surface area contributed by atoms with Crippen LogP contribution in [-0.2, 0) is 0 Å². The second-order valence-electron chi connectivity index (χ2n) is 8.54. The van der Waals surface area contributed by atoms with Gasteiger partial charge in [-0.1, -0.05) is 78.4 Å². The third-order valence-electron chi connectivity index (χ3n) is 6.49. The molecule has 0 saturated carbocycles. The summed E-state index contributed by atoms with van der Waals surface area (Å²) in [7, 11) is 0. The molecule has 1 aliphatic heterocycles. The van der Waals surface area contributed by atoms with Crippen molar-refractivity contribution in [2.24, 2.45) is 0 Å². The zero-order chi connectivity index (χ0) is 22.6. The second kappa shape index (κ2) is 9.39. The zero-order valence-corrected chi connectivity index (χ0v) is 18.5. The summed E-state index contributed by atoms with van der Waals surface area (Å²) in [6.07, 6.45) is 10.8. The molecule has 4 heteroatoms. The van der Waals surface area contributed by atoms with E-state index in [9.17, 15) is 10.1 Å². The Morgan fingerprint density at radius 3 is 1.97 bits per heavy atom. The molecule has 3 aromatic carbocycles. The standard InChI is InChI=1S/C29H26N2O2/c32-31(33)26-15-11-22(12-16-26)6-5-19-30-20-17-25(18-21-30)29-27-9-3-1-7-23(27)13-14-24-8-2-4-10-28(24)29/h1-16H,17-21H2/b6-5+. The maximum absolute atomic E-state index is 10.8. The van der Waals surface area contributed by atoms with Crippen molar-refractivity contribution in [3.05, 3.63) is 122 Å². The molecular formula is C29H26N2O2. The first-order valence-electron chi connectivity index (χ1n) is 11.4. The number of nitro benzene ring substituents is 1. The summed E-state index contributed by atoms with van der Waals surface area (Å²) in [4.78, 5) is 12.9. The normalized spacial score (nSPS) is 15.9. The maximum atomic E-state index is 10.8. The fraction of sp³-hybridized carbons (Fsp3) is 0.172. The van der Waals surface area contributed by atoms with Gasteiger partial charge in [0, 0.05) is 31.8 Å². The maximum Gasteiger partial charge on any atom is 0.269 e. The van der Waals surface area contributed by atoms with Gasteiger partial charge in [0.1, 0.15) is 0 Å². The van der Waals surface area contributed by atoms with Gasteiger partial charge in [0.05, 0.1) is 4.92 Å². The lowest BCUT2D eigenvalue weighted by Crippen LogP contribution is -2.31. The molecule has 0 amide bonds. The summed E-state index contributed by atoms with van der Waals surface area (Å²) < 4.78 is 0. The Balaban J connectivity index is 1.32. The van der Waals surface area contributed by atoms with Crippen molar-refractivity contribution in [3.63, 3.8) is 0 Å². The minimum Gasteiger partial charge on any atom is -0.299 e. The number of nitrogens with zero attached hydrogens (tertiary/aromatic N) is 2. The number of hydrogen-bond donors (Lipinski definition) is 0. The van der Waals surface area contributed by atoms with Gasteiger partial charge in [-0.2, -0.15) is 0 Å². The average molecular weight is 435 g/mol. The molecule has 4 nitrogen and oxygen atoms in total. The van der Waals surface area contributed by atoms with Gasteiger partial charge in [-0.3, -0.25) is 15.0 Å². The Bertz CT molecular complexity index is 1210. The molecule has 0 N–H and O–H groups in total. The molecule has 0 radical (unpaired) electrons. The molecule has 164 valence electrons. The van der Waals surface area contributed by atoms with Crippen molar-refractivity contribution >= 4 is 29.5 Å². The van der Waals surface area contributed by atoms with Gasteiger partial charge >= 0.3 is 0 Å². The predicted octanol–water partition coefficient (Wildman–Crippen LogP) is 6.69. The second-order valence-corrected chi connectivity index (χ2v) is 8.54. The topological polar surface area (TPSA) is 46.4 Å². The number of hydrogen-bond acceptors (Lipinski definition) is 3. The van der Waals surface area contributed by atoms with E-state index in [2.05, 4.69) is 71.7 Å². The summed E-state index contributed by atoms with van der Waals surface area (Å²) in [5.41, 5.74) is 9.29. The molecule has 0 unspecified atom stereocenters. The number of fused-ring (bicyclic) bond motifs is 2. The highest BCUT2D eigenvalue weighted by Gasteiger charge is 2.22. The van der Waals surface area contributed by atoms with Crippen molar-refractivity contribution in [1.82, 2.24) is 4.90 Å². The van der Waals surface area contributed by atoms with E-state index in [1.807, 2.05) is 6.08 Å². The molecule has 1 aliphatic carbocycles. The summed E-state index contributed by atoms with van der Waals surface area (Å²) in [5.74, 6) is 0. The highest BCUT2D eigenvalue weighted by molar-refractivity contribution is 5.94. The van der Waals surface area contributed by atoms with Crippen molar-refractivity contribution in [1.29, 1.82) is 0 Å². The summed E-state index contributed by atoms with van der Waals surface area (Å²) in [6, 6.07) is 24.1. The van der Waals surface area contributed by atoms with Gasteiger partial charge in [0.25, 0.3) is 5.69 Å². The predicted molar refractivity (Wildman–Crippen MR) is 136 cm³/mol. The highest BCUT2D eigenvalue weighted by Crippen LogP contribution is 2.38. The quantitative estimate of drug-likeness (QED) is 0.265. The van der Waals surface area contributed by atoms with Gasteiger partial charge in [0.15, 0.2) is 0 Å². The first-order chi connectivity index (χ1) is 16.2. The Labute approximate surface area is 194 Å². The largest absolute Gasteiger partial charge is 0.299 e. The Morgan fingerprint density at radius 2 is 1.39 bits per heavy atom. The first kappa shape index (κ1) is 21.1. The number of piperidine rings is 1. The monoisotopic (exact) mass is 434 g/mol. The average Bonchev–Trinajstić information content (AvgIpc) is 3.02. The number of rotatable bonds is 4. The van der Waals surface area contributed by atoms with Crippen LogP contribution in [0.3, 0.4) is 0 Å². The fourth-order valence-electron chi connectivity index (χ4n) is 4.75. The van der Waals surface area contributed by atoms with E-state index in [4.69, 9.17) is 0 Å². The van der Waals surface area contributed by atoms with Crippen LogP contribution in [0.4, 0.5) is 5.69 Å². The van der Waals surface area contributed by atoms with Crippen molar-refractivity contribution in [3.8, 4) is 0 Å². The molecule has 2 aliphatic rings. The molecule has 1 heterocycles. The molecule has 0 spiro atoms. The number of non-ortho nitro benzene ring substituents is 1. The van der Waals surface area contributed by atoms with Gasteiger partial charge in [-0.25, -0.2) is 0 Å². The number of likely N-dealkylation sites (tertiary alicyclic amines) is 1. The Morgan fingerprint density at radius 1 is 0.818 bits per heavy atom. The van der Waals surface area contributed by atoms with Gasteiger partial charge < -0.3 is 0 Å². The van der Waals surface area contributed by atoms with E-state index in [1.165, 1.54) is 33.4 Å². The van der Waals surface area contributed by atoms with Crippen molar-refractivity contribution < 1.29 is 4.92 Å². The molecule has 1 fully saturated rings. The minimum atomic E-state index is -0.367. The lowest BCUT2D eigenvalue weighted by Gasteiger charge is -2.29. The van der Waals surface area contributed by atoms with Crippen molar-refractivity contribution in [2.75, 3.05) is 19.6 Å². The third-order valence-corrected chi connectivity index (χ3v) is 6.49. The van der Waals surface area contributed by atoms with Crippen LogP contribution in [-0.4, -0.2) is 29.5 Å². The fourth-order valence-corrected chi connectivity index (χ4v) is 4.75. The van der Waals surface area contributed by atoms with Crippen LogP contribution in [0.15, 0.2) is 84.4 Å². The Kier molecular flexibility index (Phi) is 6.01. The molecular weight excluding hydrogens is 408 g/mol. The lowest BCUT2D eigenvalue weighted by molar-refractivity contribution is -0.384. The zero-order valence-electron chi connectivity index (χ0n) is 18.5. The van der Waals surface area contributed by atoms with E-state index in [0.717, 1.165) is 38.0 Å². The summed E-state index contributed by atoms with van der Waals surface area (Å²) in [6.45, 7) is 2.94. The summed E-state index contributed by atoms with van der Waals surface area (Å²) >= 11 is 0. The molecule has 0 atom stereocenters. The van der Waals surface area contributed by atoms with Crippen LogP contribution in [0, 0.1) is 10.1 Å². The minimum absolute atomic E-state index is 0.126. The van der Waals surface area contributed by atoms with Crippen LogP contribution < -0.4 is 0 Å². The van der Waals surface area contributed by atoms with Crippen LogP contribution >= 0.6 is 0 Å². The van der Waals surface area contributed by atoms with Crippen LogP contribution in [0.1, 0.15) is 40.7 Å². The third kappa shape index (κ3) is 4.57. The van der Waals surface area contributed by atoms with E-state index >= 15 is 0 Å². The summed E-state index contributed by atoms with van der Waals surface area (Å²) in [5, 5.41) is 10.8. The van der Waals surface area contributed by atoms with Gasteiger partial charge in [-0.05, 0) is 58.4 Å². The molecule has 1 saturated heterocycles. The van der Waals surface area contributed by atoms with E-state index in [-0.39, 0.29) is 10.6 Å². The van der Waals surface area contributed by atoms with E-state index in [0.29, 0.717) is 0 Å². The van der Waals surface area contributed by atoms with Gasteiger partial charge in [0.2, 0.25) is 0 Å². The number of nitro groups is 1. The van der Waals surface area contributed by atoms with Gasteiger partial charge in [-0.15, -0.1) is 0 Å². The van der Waals surface area contributed by atoms with Crippen LogP contribution in [0.2, 0.25) is 0 Å². The molecule has 33 heavy (non-hydrogen) atoms. The molecule has 0 bridgehead atoms. The molecule has 5 rings (SSSR count). The number of benzene rings is 3. The molecule has 0 aromatic heterocycles. The van der Waals surface area contributed by atoms with E-state index in [1.54, 1.807) is 24.3 Å². The lowest BCUT2D eigenvalue weighted by atomic mass is 9.86. The smallest absolute Gasteiger partial charge is 0.269 e. The molecule has 3 aromatic rings. The Hall–Kier alpha value is -3.76. The van der Waals surface area contributed by atoms with Crippen LogP contribution in [0.25, 0.3) is 23.8 Å². The highest BCUT2D eigenvalue weighted by atomic mass is 16.6. The SMILES string of the molecule is O=[N+]([O-])c1ccc(/C=C/CN2CCC(=C3c4ccccc4C=Cc4ccccc43)CC2)cc1. The van der Waals surface area contributed by atoms with Crippen LogP contribution in [0.5, 0.6) is 0 Å². The first-order valence-corrected chi connectivity index (χ1v) is 11.4.